The summed E-state index contributed by atoms with van der Waals surface area (Å²) in [6.45, 7) is 6.25. The highest BCUT2D eigenvalue weighted by atomic mass is 35.5. The monoisotopic (exact) mass is 593 g/mol. The number of amides is 2. The van der Waals surface area contributed by atoms with E-state index in [-0.39, 0.29) is 22.2 Å². The minimum absolute atomic E-state index is 0.0110. The van der Waals surface area contributed by atoms with Crippen LogP contribution >= 0.6 is 23.2 Å². The average Bonchev–Trinajstić information content (AvgIpc) is 2.87. The van der Waals surface area contributed by atoms with Crippen LogP contribution in [0.5, 0.6) is 0 Å². The van der Waals surface area contributed by atoms with Gasteiger partial charge in [0, 0.05) is 17.1 Å². The lowest BCUT2D eigenvalue weighted by Crippen LogP contribution is -2.54. The van der Waals surface area contributed by atoms with Gasteiger partial charge in [-0.15, -0.1) is 0 Å². The molecule has 2 amide bonds. The van der Waals surface area contributed by atoms with Gasteiger partial charge in [0.2, 0.25) is 11.8 Å². The molecule has 0 aliphatic heterocycles. The maximum absolute atomic E-state index is 14.0. The molecule has 0 aromatic heterocycles. The zero-order valence-corrected chi connectivity index (χ0v) is 24.3. The molecular formula is C28H30Cl2FN3O4S. The van der Waals surface area contributed by atoms with Gasteiger partial charge in [0.05, 0.1) is 15.6 Å². The first-order valence-electron chi connectivity index (χ1n) is 12.1. The molecule has 3 aromatic rings. The van der Waals surface area contributed by atoms with Crippen LogP contribution in [0.15, 0.2) is 77.7 Å². The highest BCUT2D eigenvalue weighted by Gasteiger charge is 2.33. The first-order valence-corrected chi connectivity index (χ1v) is 14.3. The molecule has 0 saturated heterocycles. The number of carbonyl (C=O) groups excluding carboxylic acids is 2. The van der Waals surface area contributed by atoms with Crippen LogP contribution in [0.4, 0.5) is 10.1 Å². The third kappa shape index (κ3) is 7.71. The summed E-state index contributed by atoms with van der Waals surface area (Å²) >= 11 is 12.3. The van der Waals surface area contributed by atoms with Crippen LogP contribution in [0, 0.1) is 5.82 Å². The molecule has 0 aliphatic carbocycles. The Labute approximate surface area is 238 Å². The van der Waals surface area contributed by atoms with Crippen molar-refractivity contribution in [2.45, 2.75) is 50.7 Å². The number of hydrogen-bond donors (Lipinski definition) is 1. The Balaban J connectivity index is 2.06. The number of carbonyl (C=O) groups is 2. The molecule has 3 rings (SSSR count). The lowest BCUT2D eigenvalue weighted by molar-refractivity contribution is -0.140. The molecule has 0 fully saturated rings. The summed E-state index contributed by atoms with van der Waals surface area (Å²) in [7, 11) is -4.29. The van der Waals surface area contributed by atoms with E-state index in [0.29, 0.717) is 10.6 Å². The lowest BCUT2D eigenvalue weighted by Gasteiger charge is -2.33. The fraction of sp³-hybridized carbons (Fsp3) is 0.286. The maximum atomic E-state index is 14.0. The van der Waals surface area contributed by atoms with Crippen molar-refractivity contribution in [1.82, 2.24) is 10.2 Å². The van der Waals surface area contributed by atoms with E-state index in [4.69, 9.17) is 23.2 Å². The number of sulfonamides is 1. The van der Waals surface area contributed by atoms with Crippen molar-refractivity contribution in [3.63, 3.8) is 0 Å². The van der Waals surface area contributed by atoms with Gasteiger partial charge in [-0.25, -0.2) is 12.8 Å². The summed E-state index contributed by atoms with van der Waals surface area (Å²) in [6, 6.07) is 16.8. The Kier molecular flexibility index (Phi) is 9.64. The minimum atomic E-state index is -4.29. The Bertz CT molecular complexity index is 1450. The summed E-state index contributed by atoms with van der Waals surface area (Å²) < 4.78 is 42.2. The van der Waals surface area contributed by atoms with Gasteiger partial charge in [0.1, 0.15) is 18.4 Å². The number of hydrogen-bond acceptors (Lipinski definition) is 4. The third-order valence-electron chi connectivity index (χ3n) is 5.77. The van der Waals surface area contributed by atoms with Gasteiger partial charge in [-0.1, -0.05) is 59.6 Å². The Morgan fingerprint density at radius 2 is 1.56 bits per heavy atom. The first kappa shape index (κ1) is 30.4. The summed E-state index contributed by atoms with van der Waals surface area (Å²) in [5, 5.41) is 2.93. The molecule has 39 heavy (non-hydrogen) atoms. The molecule has 0 saturated carbocycles. The SMILES string of the molecule is C[C@@H](C(=O)NC(C)(C)C)N(Cc1ccccc1Cl)C(=O)CN(c1ccc(F)c(Cl)c1)S(=O)(=O)c1ccccc1. The fourth-order valence-electron chi connectivity index (χ4n) is 3.76. The van der Waals surface area contributed by atoms with Crippen molar-refractivity contribution < 1.29 is 22.4 Å². The van der Waals surface area contributed by atoms with Gasteiger partial charge in [-0.05, 0) is 69.7 Å². The average molecular weight is 595 g/mol. The third-order valence-corrected chi connectivity index (χ3v) is 8.21. The van der Waals surface area contributed by atoms with Crippen molar-refractivity contribution in [3.8, 4) is 0 Å². The van der Waals surface area contributed by atoms with E-state index in [9.17, 15) is 22.4 Å². The van der Waals surface area contributed by atoms with E-state index in [1.165, 1.54) is 23.1 Å². The molecule has 0 unspecified atom stereocenters. The van der Waals surface area contributed by atoms with Gasteiger partial charge in [-0.3, -0.25) is 13.9 Å². The van der Waals surface area contributed by atoms with E-state index < -0.39 is 45.8 Å². The molecule has 11 heteroatoms. The predicted octanol–water partition coefficient (Wildman–Crippen LogP) is 5.66. The number of benzene rings is 3. The predicted molar refractivity (Wildman–Crippen MR) is 152 cm³/mol. The van der Waals surface area contributed by atoms with Crippen LogP contribution in [0.25, 0.3) is 0 Å². The van der Waals surface area contributed by atoms with Crippen LogP contribution < -0.4 is 9.62 Å². The van der Waals surface area contributed by atoms with E-state index in [1.807, 2.05) is 20.8 Å². The van der Waals surface area contributed by atoms with Crippen LogP contribution in [-0.2, 0) is 26.2 Å². The highest BCUT2D eigenvalue weighted by Crippen LogP contribution is 2.28. The Hall–Kier alpha value is -3.14. The summed E-state index contributed by atoms with van der Waals surface area (Å²) in [6.07, 6.45) is 0. The maximum Gasteiger partial charge on any atom is 0.264 e. The Morgan fingerprint density at radius 3 is 2.15 bits per heavy atom. The number of halogens is 3. The van der Waals surface area contributed by atoms with Crippen molar-refractivity contribution >= 4 is 50.7 Å². The van der Waals surface area contributed by atoms with Crippen LogP contribution in [-0.4, -0.2) is 43.3 Å². The van der Waals surface area contributed by atoms with E-state index in [0.717, 1.165) is 16.4 Å². The largest absolute Gasteiger partial charge is 0.350 e. The lowest BCUT2D eigenvalue weighted by atomic mass is 10.1. The second-order valence-corrected chi connectivity index (χ2v) is 12.6. The molecule has 0 spiro atoms. The van der Waals surface area contributed by atoms with Crippen LogP contribution in [0.3, 0.4) is 0 Å². The van der Waals surface area contributed by atoms with Crippen molar-refractivity contribution in [3.05, 3.63) is 94.2 Å². The van der Waals surface area contributed by atoms with Crippen molar-refractivity contribution in [2.75, 3.05) is 10.8 Å². The van der Waals surface area contributed by atoms with E-state index >= 15 is 0 Å². The van der Waals surface area contributed by atoms with Gasteiger partial charge >= 0.3 is 0 Å². The summed E-state index contributed by atoms with van der Waals surface area (Å²) in [5.41, 5.74) is -0.00818. The topological polar surface area (TPSA) is 86.8 Å². The van der Waals surface area contributed by atoms with Gasteiger partial charge in [0.15, 0.2) is 0 Å². The number of rotatable bonds is 9. The van der Waals surface area contributed by atoms with Gasteiger partial charge in [-0.2, -0.15) is 0 Å². The molecule has 3 aromatic carbocycles. The fourth-order valence-corrected chi connectivity index (χ4v) is 5.55. The molecular weight excluding hydrogens is 564 g/mol. The second kappa shape index (κ2) is 12.4. The Morgan fingerprint density at radius 1 is 0.949 bits per heavy atom. The first-order chi connectivity index (χ1) is 18.2. The summed E-state index contributed by atoms with van der Waals surface area (Å²) in [5.74, 6) is -1.84. The van der Waals surface area contributed by atoms with E-state index in [1.54, 1.807) is 49.4 Å². The molecule has 0 radical (unpaired) electrons. The summed E-state index contributed by atoms with van der Waals surface area (Å²) in [4.78, 5) is 28.2. The molecule has 208 valence electrons. The zero-order valence-electron chi connectivity index (χ0n) is 22.0. The smallest absolute Gasteiger partial charge is 0.264 e. The zero-order chi connectivity index (χ0) is 29.0. The minimum Gasteiger partial charge on any atom is -0.350 e. The molecule has 1 atom stereocenters. The van der Waals surface area contributed by atoms with Crippen molar-refractivity contribution in [2.24, 2.45) is 0 Å². The second-order valence-electron chi connectivity index (χ2n) is 9.95. The molecule has 0 bridgehead atoms. The van der Waals surface area contributed by atoms with Gasteiger partial charge < -0.3 is 10.2 Å². The number of nitrogens with zero attached hydrogens (tertiary/aromatic N) is 2. The van der Waals surface area contributed by atoms with Crippen molar-refractivity contribution in [1.29, 1.82) is 0 Å². The normalized spacial score (nSPS) is 12.5. The molecule has 0 aliphatic rings. The molecule has 1 N–H and O–H groups in total. The van der Waals surface area contributed by atoms with Gasteiger partial charge in [0.25, 0.3) is 10.0 Å². The molecule has 0 heterocycles. The van der Waals surface area contributed by atoms with Crippen LogP contribution in [0.1, 0.15) is 33.3 Å². The van der Waals surface area contributed by atoms with E-state index in [2.05, 4.69) is 5.32 Å². The quantitative estimate of drug-likeness (QED) is 0.347. The number of anilines is 1. The molecule has 7 nitrogen and oxygen atoms in total. The van der Waals surface area contributed by atoms with Crippen LogP contribution in [0.2, 0.25) is 10.0 Å². The highest BCUT2D eigenvalue weighted by molar-refractivity contribution is 7.92. The number of nitrogens with one attached hydrogen (secondary N) is 1. The standard InChI is InChI=1S/C28H30Cl2FN3O4S/c1-19(27(36)32-28(2,3)4)33(17-20-10-8-9-13-23(20)29)26(35)18-34(21-14-15-25(31)24(30)16-21)39(37,38)22-11-6-5-7-12-22/h5-16,19H,17-18H2,1-4H3,(H,32,36)/t19-/m0/s1.